The molecule has 3 nitrogen and oxygen atoms in total. The highest BCUT2D eigenvalue weighted by atomic mass is 35.5. The zero-order chi connectivity index (χ0) is 17.7. The van der Waals surface area contributed by atoms with Crippen LogP contribution in [0.25, 0.3) is 0 Å². The van der Waals surface area contributed by atoms with Gasteiger partial charge in [0.25, 0.3) is 5.92 Å². The van der Waals surface area contributed by atoms with Crippen LogP contribution in [0.3, 0.4) is 0 Å². The molecule has 24 heavy (non-hydrogen) atoms. The number of carbonyl (C=O) groups excluding carboxylic acids is 1. The van der Waals surface area contributed by atoms with Gasteiger partial charge < -0.3 is 9.80 Å². The number of alkyl halides is 5. The standard InChI is InChI=1S/C15H14ClF5N2O/c16-12-2-1-10(5-11(12)15(19,20)21)22-4-3-9(6-22)13(24)23-7-14(17,18)8-23/h1-2,5,9H,3-4,6-8H2. The number of anilines is 1. The summed E-state index contributed by atoms with van der Waals surface area (Å²) in [5.41, 5.74) is -0.616. The number of halogens is 6. The molecule has 0 aliphatic carbocycles. The summed E-state index contributed by atoms with van der Waals surface area (Å²) < 4.78 is 64.4. The van der Waals surface area contributed by atoms with Crippen LogP contribution in [0.2, 0.25) is 5.02 Å². The van der Waals surface area contributed by atoms with E-state index in [1.807, 2.05) is 0 Å². The van der Waals surface area contributed by atoms with Crippen molar-refractivity contribution in [2.24, 2.45) is 5.92 Å². The first-order chi connectivity index (χ1) is 11.1. The van der Waals surface area contributed by atoms with E-state index in [1.165, 1.54) is 12.1 Å². The molecule has 3 rings (SSSR count). The van der Waals surface area contributed by atoms with Crippen molar-refractivity contribution in [3.05, 3.63) is 28.8 Å². The number of rotatable bonds is 2. The predicted molar refractivity (Wildman–Crippen MR) is 78.3 cm³/mol. The minimum atomic E-state index is -4.56. The first-order valence-electron chi connectivity index (χ1n) is 7.35. The quantitative estimate of drug-likeness (QED) is 0.744. The molecule has 2 aliphatic heterocycles. The van der Waals surface area contributed by atoms with Crippen LogP contribution < -0.4 is 4.90 Å². The zero-order valence-corrected chi connectivity index (χ0v) is 13.2. The molecule has 1 atom stereocenters. The van der Waals surface area contributed by atoms with Gasteiger partial charge in [0.05, 0.1) is 29.6 Å². The molecule has 1 unspecified atom stereocenters. The Labute approximate surface area is 140 Å². The van der Waals surface area contributed by atoms with E-state index in [1.54, 1.807) is 4.90 Å². The Morgan fingerprint density at radius 2 is 1.92 bits per heavy atom. The normalized spacial score (nSPS) is 23.3. The summed E-state index contributed by atoms with van der Waals surface area (Å²) in [7, 11) is 0. The molecule has 9 heteroatoms. The molecule has 0 radical (unpaired) electrons. The summed E-state index contributed by atoms with van der Waals surface area (Å²) in [5.74, 6) is -3.68. The van der Waals surface area contributed by atoms with Crippen molar-refractivity contribution in [1.29, 1.82) is 0 Å². The molecule has 0 bridgehead atoms. The van der Waals surface area contributed by atoms with E-state index in [0.717, 1.165) is 11.0 Å². The Balaban J connectivity index is 1.69. The fourth-order valence-electron chi connectivity index (χ4n) is 3.05. The third-order valence-corrected chi connectivity index (χ3v) is 4.64. The average molecular weight is 369 g/mol. The molecule has 1 amide bonds. The SMILES string of the molecule is O=C(C1CCN(c2ccc(Cl)c(C(F)(F)F)c2)C1)N1CC(F)(F)C1. The topological polar surface area (TPSA) is 23.6 Å². The fraction of sp³-hybridized carbons (Fsp3) is 0.533. The number of hydrogen-bond acceptors (Lipinski definition) is 2. The number of hydrogen-bond donors (Lipinski definition) is 0. The van der Waals surface area contributed by atoms with Crippen LogP contribution >= 0.6 is 11.6 Å². The van der Waals surface area contributed by atoms with Crippen molar-refractivity contribution in [2.45, 2.75) is 18.5 Å². The number of amides is 1. The van der Waals surface area contributed by atoms with Crippen LogP contribution in [0.4, 0.5) is 27.6 Å². The number of carbonyl (C=O) groups is 1. The molecule has 2 aliphatic rings. The zero-order valence-electron chi connectivity index (χ0n) is 12.4. The first kappa shape index (κ1) is 17.3. The van der Waals surface area contributed by atoms with Crippen LogP contribution in [-0.2, 0) is 11.0 Å². The Morgan fingerprint density at radius 1 is 1.25 bits per heavy atom. The largest absolute Gasteiger partial charge is 0.417 e. The van der Waals surface area contributed by atoms with Gasteiger partial charge >= 0.3 is 6.18 Å². The van der Waals surface area contributed by atoms with Gasteiger partial charge in [0.2, 0.25) is 5.91 Å². The minimum absolute atomic E-state index is 0.208. The van der Waals surface area contributed by atoms with Crippen molar-refractivity contribution >= 4 is 23.2 Å². The van der Waals surface area contributed by atoms with E-state index < -0.39 is 36.7 Å². The Bertz CT molecular complexity index is 656. The molecule has 1 aromatic rings. The molecule has 1 aromatic carbocycles. The van der Waals surface area contributed by atoms with Gasteiger partial charge in [-0.15, -0.1) is 0 Å². The van der Waals surface area contributed by atoms with Crippen molar-refractivity contribution in [3.8, 4) is 0 Å². The van der Waals surface area contributed by atoms with Gasteiger partial charge in [-0.1, -0.05) is 11.6 Å². The van der Waals surface area contributed by atoms with E-state index in [0.29, 0.717) is 18.7 Å². The predicted octanol–water partition coefficient (Wildman–Crippen LogP) is 3.66. The van der Waals surface area contributed by atoms with Crippen LogP contribution in [0.5, 0.6) is 0 Å². The van der Waals surface area contributed by atoms with Crippen LogP contribution in [0.1, 0.15) is 12.0 Å². The third kappa shape index (κ3) is 3.29. The van der Waals surface area contributed by atoms with E-state index in [2.05, 4.69) is 0 Å². The van der Waals surface area contributed by atoms with Crippen molar-refractivity contribution in [1.82, 2.24) is 4.90 Å². The maximum atomic E-state index is 12.9. The molecule has 2 heterocycles. The van der Waals surface area contributed by atoms with Crippen molar-refractivity contribution in [2.75, 3.05) is 31.1 Å². The Morgan fingerprint density at radius 3 is 2.50 bits per heavy atom. The molecule has 0 saturated carbocycles. The van der Waals surface area contributed by atoms with Gasteiger partial charge in [0.15, 0.2) is 0 Å². The van der Waals surface area contributed by atoms with Crippen LogP contribution in [0.15, 0.2) is 18.2 Å². The van der Waals surface area contributed by atoms with E-state index in [4.69, 9.17) is 11.6 Å². The highest BCUT2D eigenvalue weighted by Gasteiger charge is 2.48. The van der Waals surface area contributed by atoms with Gasteiger partial charge in [-0.05, 0) is 24.6 Å². The molecule has 132 valence electrons. The van der Waals surface area contributed by atoms with Crippen LogP contribution in [0, 0.1) is 5.92 Å². The van der Waals surface area contributed by atoms with Gasteiger partial charge in [0, 0.05) is 18.8 Å². The summed E-state index contributed by atoms with van der Waals surface area (Å²) in [4.78, 5) is 14.9. The average Bonchev–Trinajstić information content (AvgIpc) is 2.93. The van der Waals surface area contributed by atoms with Gasteiger partial charge in [-0.2, -0.15) is 13.2 Å². The smallest absolute Gasteiger partial charge is 0.371 e. The van der Waals surface area contributed by atoms with Gasteiger partial charge in [0.1, 0.15) is 0 Å². The minimum Gasteiger partial charge on any atom is -0.371 e. The van der Waals surface area contributed by atoms with Crippen LogP contribution in [-0.4, -0.2) is 42.9 Å². The highest BCUT2D eigenvalue weighted by molar-refractivity contribution is 6.31. The molecule has 2 saturated heterocycles. The Hall–Kier alpha value is -1.57. The summed E-state index contributed by atoms with van der Waals surface area (Å²) in [6.45, 7) is -0.567. The molecule has 2 fully saturated rings. The lowest BCUT2D eigenvalue weighted by atomic mass is 10.0. The number of nitrogens with zero attached hydrogens (tertiary/aromatic N) is 2. The maximum Gasteiger partial charge on any atom is 0.417 e. The monoisotopic (exact) mass is 368 g/mol. The summed E-state index contributed by atoms with van der Waals surface area (Å²) >= 11 is 5.59. The lowest BCUT2D eigenvalue weighted by Gasteiger charge is -2.40. The summed E-state index contributed by atoms with van der Waals surface area (Å²) in [6, 6.07) is 3.58. The first-order valence-corrected chi connectivity index (χ1v) is 7.73. The lowest BCUT2D eigenvalue weighted by molar-refractivity contribution is -0.169. The van der Waals surface area contributed by atoms with E-state index in [9.17, 15) is 26.7 Å². The molecule has 0 N–H and O–H groups in total. The van der Waals surface area contributed by atoms with E-state index >= 15 is 0 Å². The number of likely N-dealkylation sites (tertiary alicyclic amines) is 1. The maximum absolute atomic E-state index is 12.9. The lowest BCUT2D eigenvalue weighted by Crippen LogP contribution is -2.59. The van der Waals surface area contributed by atoms with Crippen molar-refractivity contribution < 1.29 is 26.7 Å². The molecule has 0 spiro atoms. The molecular weight excluding hydrogens is 355 g/mol. The van der Waals surface area contributed by atoms with Crippen molar-refractivity contribution in [3.63, 3.8) is 0 Å². The highest BCUT2D eigenvalue weighted by Crippen LogP contribution is 2.38. The third-order valence-electron chi connectivity index (χ3n) is 4.31. The molecular formula is C15H14ClF5N2O. The fourth-order valence-corrected chi connectivity index (χ4v) is 3.27. The second-order valence-corrected chi connectivity index (χ2v) is 6.55. The van der Waals surface area contributed by atoms with Gasteiger partial charge in [-0.3, -0.25) is 4.79 Å². The second kappa shape index (κ2) is 5.75. The second-order valence-electron chi connectivity index (χ2n) is 6.14. The Kier molecular flexibility index (Phi) is 4.14. The number of benzene rings is 1. The summed E-state index contributed by atoms with van der Waals surface area (Å²) in [6.07, 6.45) is -4.14. The summed E-state index contributed by atoms with van der Waals surface area (Å²) in [5, 5.41) is -0.388. The van der Waals surface area contributed by atoms with E-state index in [-0.39, 0.29) is 17.5 Å². The molecule has 0 aromatic heterocycles. The van der Waals surface area contributed by atoms with Gasteiger partial charge in [-0.25, -0.2) is 8.78 Å².